The van der Waals surface area contributed by atoms with Gasteiger partial charge in [-0.05, 0) is 51.2 Å². The van der Waals surface area contributed by atoms with Crippen molar-refractivity contribution in [2.45, 2.75) is 37.9 Å². The average Bonchev–Trinajstić information content (AvgIpc) is 2.39. The Balaban J connectivity index is 1.70. The number of alkyl halides is 3. The normalized spacial score (nSPS) is 27.6. The summed E-state index contributed by atoms with van der Waals surface area (Å²) in [5, 5.41) is 3.34. The highest BCUT2D eigenvalue weighted by Gasteiger charge is 2.30. The Morgan fingerprint density at radius 2 is 1.89 bits per heavy atom. The van der Waals surface area contributed by atoms with Gasteiger partial charge in [0.15, 0.2) is 0 Å². The lowest BCUT2D eigenvalue weighted by atomic mass is 9.95. The second-order valence-corrected chi connectivity index (χ2v) is 5.61. The summed E-state index contributed by atoms with van der Waals surface area (Å²) < 4.78 is 40.9. The van der Waals surface area contributed by atoms with Crippen molar-refractivity contribution in [1.82, 2.24) is 10.2 Å². The first-order chi connectivity index (χ1) is 9.04. The van der Waals surface area contributed by atoms with Crippen LogP contribution in [0.3, 0.4) is 0 Å². The number of nitrogens with one attached hydrogen (secondary N) is 1. The summed E-state index contributed by atoms with van der Waals surface area (Å²) in [4.78, 5) is 2.45. The highest BCUT2D eigenvalue weighted by atomic mass is 19.4. The van der Waals surface area contributed by atoms with E-state index >= 15 is 0 Å². The molecule has 2 rings (SSSR count). The van der Waals surface area contributed by atoms with E-state index in [1.54, 1.807) is 0 Å². The molecule has 0 spiro atoms. The van der Waals surface area contributed by atoms with Crippen LogP contribution in [0, 0.1) is 5.92 Å². The Labute approximate surface area is 112 Å². The highest BCUT2D eigenvalue weighted by molar-refractivity contribution is 4.82. The van der Waals surface area contributed by atoms with Gasteiger partial charge in [0.25, 0.3) is 0 Å². The molecule has 0 amide bonds. The molecule has 0 bridgehead atoms. The van der Waals surface area contributed by atoms with Gasteiger partial charge in [-0.15, -0.1) is 0 Å². The number of nitrogens with zero attached hydrogens (tertiary/aromatic N) is 1. The first-order valence-electron chi connectivity index (χ1n) is 7.14. The third-order valence-electron chi connectivity index (χ3n) is 3.99. The standard InChI is InChI=1S/C13H23F3N2O/c14-13(15,16)10-19-9-11-2-1-7-18(8-11)12-3-5-17-6-4-12/h11-12,17H,1-10H2/t11-/m1/s1. The maximum absolute atomic E-state index is 12.0. The van der Waals surface area contributed by atoms with Crippen molar-refractivity contribution >= 4 is 0 Å². The lowest BCUT2D eigenvalue weighted by molar-refractivity contribution is -0.177. The van der Waals surface area contributed by atoms with Gasteiger partial charge in [0.05, 0.1) is 6.61 Å². The molecule has 0 aromatic rings. The molecule has 1 atom stereocenters. The average molecular weight is 280 g/mol. The van der Waals surface area contributed by atoms with Crippen molar-refractivity contribution in [3.8, 4) is 0 Å². The topological polar surface area (TPSA) is 24.5 Å². The first kappa shape index (κ1) is 15.1. The summed E-state index contributed by atoms with van der Waals surface area (Å²) in [6.07, 6.45) is 0.152. The van der Waals surface area contributed by atoms with E-state index in [4.69, 9.17) is 4.74 Å². The molecule has 2 saturated heterocycles. The third-order valence-corrected chi connectivity index (χ3v) is 3.99. The number of piperidine rings is 2. The zero-order chi connectivity index (χ0) is 13.7. The van der Waals surface area contributed by atoms with E-state index < -0.39 is 12.8 Å². The summed E-state index contributed by atoms with van der Waals surface area (Å²) in [6.45, 7) is 3.20. The van der Waals surface area contributed by atoms with Crippen molar-refractivity contribution in [3.05, 3.63) is 0 Å². The number of rotatable bonds is 4. The number of hydrogen-bond acceptors (Lipinski definition) is 3. The third kappa shape index (κ3) is 5.28. The molecule has 0 aromatic heterocycles. The van der Waals surface area contributed by atoms with Crippen LogP contribution in [0.5, 0.6) is 0 Å². The molecular weight excluding hydrogens is 257 g/mol. The van der Waals surface area contributed by atoms with Crippen LogP contribution in [-0.4, -0.2) is 56.5 Å². The van der Waals surface area contributed by atoms with Gasteiger partial charge >= 0.3 is 6.18 Å². The van der Waals surface area contributed by atoms with Crippen molar-refractivity contribution in [2.24, 2.45) is 5.92 Å². The first-order valence-corrected chi connectivity index (χ1v) is 7.14. The minimum atomic E-state index is -4.20. The van der Waals surface area contributed by atoms with Gasteiger partial charge in [0, 0.05) is 12.6 Å². The van der Waals surface area contributed by atoms with Crippen LogP contribution in [0.25, 0.3) is 0 Å². The number of halogens is 3. The van der Waals surface area contributed by atoms with E-state index in [-0.39, 0.29) is 12.5 Å². The molecule has 1 N–H and O–H groups in total. The number of ether oxygens (including phenoxy) is 1. The van der Waals surface area contributed by atoms with Crippen LogP contribution in [-0.2, 0) is 4.74 Å². The van der Waals surface area contributed by atoms with E-state index in [2.05, 4.69) is 10.2 Å². The molecule has 2 fully saturated rings. The van der Waals surface area contributed by atoms with Gasteiger partial charge in [-0.25, -0.2) is 0 Å². The van der Waals surface area contributed by atoms with Crippen molar-refractivity contribution in [3.63, 3.8) is 0 Å². The van der Waals surface area contributed by atoms with E-state index in [0.717, 1.165) is 51.9 Å². The zero-order valence-corrected chi connectivity index (χ0v) is 11.2. The van der Waals surface area contributed by atoms with Crippen molar-refractivity contribution in [1.29, 1.82) is 0 Å². The maximum atomic E-state index is 12.0. The van der Waals surface area contributed by atoms with Crippen molar-refractivity contribution in [2.75, 3.05) is 39.4 Å². The Kier molecular flexibility index (Phi) is 5.47. The van der Waals surface area contributed by atoms with E-state index in [1.807, 2.05) is 0 Å². The van der Waals surface area contributed by atoms with Crippen LogP contribution in [0.15, 0.2) is 0 Å². The monoisotopic (exact) mass is 280 g/mol. The molecule has 0 radical (unpaired) electrons. The quantitative estimate of drug-likeness (QED) is 0.853. The van der Waals surface area contributed by atoms with Gasteiger partial charge in [0.1, 0.15) is 6.61 Å². The largest absolute Gasteiger partial charge is 0.411 e. The second kappa shape index (κ2) is 6.90. The van der Waals surface area contributed by atoms with E-state index in [9.17, 15) is 13.2 Å². The van der Waals surface area contributed by atoms with Crippen molar-refractivity contribution < 1.29 is 17.9 Å². The van der Waals surface area contributed by atoms with Gasteiger partial charge in [-0.2, -0.15) is 13.2 Å². The SMILES string of the molecule is FC(F)(F)COC[C@@H]1CCCN(C2CCNCC2)C1. The lowest BCUT2D eigenvalue weighted by Crippen LogP contribution is -2.48. The summed E-state index contributed by atoms with van der Waals surface area (Å²) in [7, 11) is 0. The highest BCUT2D eigenvalue weighted by Crippen LogP contribution is 2.23. The number of likely N-dealkylation sites (tertiary alicyclic amines) is 1. The van der Waals surface area contributed by atoms with Crippen LogP contribution in [0.1, 0.15) is 25.7 Å². The fourth-order valence-electron chi connectivity index (χ4n) is 3.08. The summed E-state index contributed by atoms with van der Waals surface area (Å²) >= 11 is 0. The fourth-order valence-corrected chi connectivity index (χ4v) is 3.08. The molecule has 112 valence electrons. The van der Waals surface area contributed by atoms with Gasteiger partial charge in [-0.3, -0.25) is 4.90 Å². The molecule has 2 aliphatic rings. The Hall–Kier alpha value is -0.330. The molecule has 3 nitrogen and oxygen atoms in total. The summed E-state index contributed by atoms with van der Waals surface area (Å²) in [6, 6.07) is 0.603. The molecule has 0 aliphatic carbocycles. The van der Waals surface area contributed by atoms with E-state index in [1.165, 1.54) is 0 Å². The molecule has 0 aromatic carbocycles. The molecule has 0 saturated carbocycles. The minimum absolute atomic E-state index is 0.237. The maximum Gasteiger partial charge on any atom is 0.411 e. The molecule has 2 aliphatic heterocycles. The Bertz CT molecular complexity index is 267. The van der Waals surface area contributed by atoms with Crippen LogP contribution in [0.4, 0.5) is 13.2 Å². The predicted molar refractivity (Wildman–Crippen MR) is 67.1 cm³/mol. The van der Waals surface area contributed by atoms with Gasteiger partial charge in [-0.1, -0.05) is 0 Å². The van der Waals surface area contributed by atoms with Crippen LogP contribution < -0.4 is 5.32 Å². The lowest BCUT2D eigenvalue weighted by Gasteiger charge is -2.40. The Morgan fingerprint density at radius 3 is 2.58 bits per heavy atom. The smallest absolute Gasteiger partial charge is 0.372 e. The zero-order valence-electron chi connectivity index (χ0n) is 11.2. The van der Waals surface area contributed by atoms with Crippen LogP contribution >= 0.6 is 0 Å². The Morgan fingerprint density at radius 1 is 1.16 bits per heavy atom. The van der Waals surface area contributed by atoms with Gasteiger partial charge in [0.2, 0.25) is 0 Å². The summed E-state index contributed by atoms with van der Waals surface area (Å²) in [5.74, 6) is 0.256. The molecular formula is C13H23F3N2O. The van der Waals surface area contributed by atoms with E-state index in [0.29, 0.717) is 6.04 Å². The second-order valence-electron chi connectivity index (χ2n) is 5.61. The van der Waals surface area contributed by atoms with Gasteiger partial charge < -0.3 is 10.1 Å². The molecule has 6 heteroatoms. The fraction of sp³-hybridized carbons (Fsp3) is 1.00. The summed E-state index contributed by atoms with van der Waals surface area (Å²) in [5.41, 5.74) is 0. The molecule has 2 heterocycles. The number of hydrogen-bond donors (Lipinski definition) is 1. The van der Waals surface area contributed by atoms with Crippen LogP contribution in [0.2, 0.25) is 0 Å². The minimum Gasteiger partial charge on any atom is -0.372 e. The predicted octanol–water partition coefficient (Wildman–Crippen LogP) is 2.03. The molecule has 19 heavy (non-hydrogen) atoms. The molecule has 0 unspecified atom stereocenters.